The molecular formula is C16H11N3S3. The van der Waals surface area contributed by atoms with Gasteiger partial charge in [0, 0.05) is 6.42 Å². The minimum Gasteiger partial charge on any atom is -0.229 e. The molecular weight excluding hydrogens is 330 g/mol. The first kappa shape index (κ1) is 13.9. The molecule has 2 heterocycles. The second-order valence-corrected chi connectivity index (χ2v) is 8.26. The summed E-state index contributed by atoms with van der Waals surface area (Å²) in [4.78, 5) is 4.62. The summed E-state index contributed by atoms with van der Waals surface area (Å²) < 4.78 is 3.17. The van der Waals surface area contributed by atoms with E-state index in [9.17, 15) is 0 Å². The molecule has 4 aromatic rings. The Morgan fingerprint density at radius 1 is 0.818 bits per heavy atom. The number of benzene rings is 2. The highest BCUT2D eigenvalue weighted by molar-refractivity contribution is 8.02. The summed E-state index contributed by atoms with van der Waals surface area (Å²) in [5.74, 6) is 0. The van der Waals surface area contributed by atoms with Crippen molar-refractivity contribution < 1.29 is 0 Å². The highest BCUT2D eigenvalue weighted by atomic mass is 32.2. The van der Waals surface area contributed by atoms with E-state index in [0.29, 0.717) is 0 Å². The minimum absolute atomic E-state index is 0.832. The molecule has 3 nitrogen and oxygen atoms in total. The van der Waals surface area contributed by atoms with Crippen molar-refractivity contribution in [3.05, 3.63) is 65.2 Å². The van der Waals surface area contributed by atoms with Crippen LogP contribution in [0.4, 0.5) is 0 Å². The van der Waals surface area contributed by atoms with Crippen molar-refractivity contribution in [1.29, 1.82) is 0 Å². The molecule has 4 rings (SSSR count). The number of fused-ring (bicyclic) bond motifs is 1. The summed E-state index contributed by atoms with van der Waals surface area (Å²) in [6, 6.07) is 18.5. The fraction of sp³-hybridized carbons (Fsp3) is 0.0625. The Morgan fingerprint density at radius 2 is 1.64 bits per heavy atom. The quantitative estimate of drug-likeness (QED) is 0.530. The number of thiazole rings is 1. The molecule has 0 fully saturated rings. The summed E-state index contributed by atoms with van der Waals surface area (Å²) in [7, 11) is 0. The Bertz CT molecular complexity index is 866. The van der Waals surface area contributed by atoms with Gasteiger partial charge in [-0.15, -0.1) is 21.5 Å². The van der Waals surface area contributed by atoms with Gasteiger partial charge in [0.2, 0.25) is 0 Å². The number of para-hydroxylation sites is 1. The summed E-state index contributed by atoms with van der Waals surface area (Å²) in [6.45, 7) is 0. The molecule has 0 spiro atoms. The van der Waals surface area contributed by atoms with Crippen molar-refractivity contribution in [3.63, 3.8) is 0 Å². The van der Waals surface area contributed by atoms with E-state index in [1.165, 1.54) is 10.3 Å². The lowest BCUT2D eigenvalue weighted by molar-refractivity contribution is 0.956. The molecule has 0 aliphatic heterocycles. The van der Waals surface area contributed by atoms with E-state index in [2.05, 4.69) is 33.4 Å². The average Bonchev–Trinajstić information content (AvgIpc) is 3.14. The zero-order valence-electron chi connectivity index (χ0n) is 11.5. The molecule has 0 aliphatic carbocycles. The van der Waals surface area contributed by atoms with E-state index in [0.717, 1.165) is 25.6 Å². The normalized spacial score (nSPS) is 11.1. The van der Waals surface area contributed by atoms with Gasteiger partial charge in [-0.3, -0.25) is 0 Å². The molecule has 6 heteroatoms. The second kappa shape index (κ2) is 6.16. The van der Waals surface area contributed by atoms with Gasteiger partial charge in [0.1, 0.15) is 5.01 Å². The Balaban J connectivity index is 1.51. The Hall–Kier alpha value is -1.76. The molecule has 0 radical (unpaired) electrons. The third kappa shape index (κ3) is 3.04. The van der Waals surface area contributed by atoms with Crippen LogP contribution in [0.5, 0.6) is 0 Å². The van der Waals surface area contributed by atoms with Crippen LogP contribution in [-0.2, 0) is 6.42 Å². The smallest absolute Gasteiger partial charge is 0.181 e. The fourth-order valence-electron chi connectivity index (χ4n) is 2.09. The highest BCUT2D eigenvalue weighted by Gasteiger charge is 2.10. The van der Waals surface area contributed by atoms with Crippen molar-refractivity contribution in [1.82, 2.24) is 15.2 Å². The van der Waals surface area contributed by atoms with Crippen LogP contribution in [0.2, 0.25) is 0 Å². The Morgan fingerprint density at radius 3 is 2.50 bits per heavy atom. The molecule has 0 unspecified atom stereocenters. The predicted octanol–water partition coefficient (Wildman–Crippen LogP) is 4.89. The SMILES string of the molecule is c1ccc(Cc2nnc(Sc3nc4ccccc4s3)s2)cc1. The Kier molecular flexibility index (Phi) is 3.88. The number of rotatable bonds is 4. The maximum atomic E-state index is 4.62. The first-order chi connectivity index (χ1) is 10.9. The molecule has 0 atom stereocenters. The number of nitrogens with zero attached hydrogens (tertiary/aromatic N) is 3. The number of hydrogen-bond acceptors (Lipinski definition) is 6. The number of aromatic nitrogens is 3. The average molecular weight is 341 g/mol. The van der Waals surface area contributed by atoms with Gasteiger partial charge in [0.05, 0.1) is 10.2 Å². The van der Waals surface area contributed by atoms with Crippen molar-refractivity contribution in [2.45, 2.75) is 15.1 Å². The molecule has 22 heavy (non-hydrogen) atoms. The molecule has 0 bridgehead atoms. The molecule has 2 aromatic carbocycles. The summed E-state index contributed by atoms with van der Waals surface area (Å²) >= 11 is 4.93. The minimum atomic E-state index is 0.832. The van der Waals surface area contributed by atoms with Crippen LogP contribution >= 0.6 is 34.4 Å². The molecule has 0 aliphatic rings. The predicted molar refractivity (Wildman–Crippen MR) is 92.9 cm³/mol. The summed E-state index contributed by atoms with van der Waals surface area (Å²) in [5.41, 5.74) is 2.30. The van der Waals surface area contributed by atoms with Crippen LogP contribution in [0.25, 0.3) is 10.2 Å². The van der Waals surface area contributed by atoms with Gasteiger partial charge in [0.15, 0.2) is 8.68 Å². The molecule has 0 amide bonds. The molecule has 108 valence electrons. The highest BCUT2D eigenvalue weighted by Crippen LogP contribution is 2.35. The number of hydrogen-bond donors (Lipinski definition) is 0. The van der Waals surface area contributed by atoms with Crippen molar-refractivity contribution >= 4 is 44.7 Å². The maximum Gasteiger partial charge on any atom is 0.181 e. The lowest BCUT2D eigenvalue weighted by Crippen LogP contribution is -1.85. The summed E-state index contributed by atoms with van der Waals surface area (Å²) in [6.07, 6.45) is 0.832. The third-order valence-electron chi connectivity index (χ3n) is 3.10. The fourth-order valence-corrected chi connectivity index (χ4v) is 5.29. The van der Waals surface area contributed by atoms with Gasteiger partial charge in [0.25, 0.3) is 0 Å². The van der Waals surface area contributed by atoms with Crippen LogP contribution in [-0.4, -0.2) is 15.2 Å². The van der Waals surface area contributed by atoms with E-state index < -0.39 is 0 Å². The van der Waals surface area contributed by atoms with Crippen molar-refractivity contribution in [2.24, 2.45) is 0 Å². The summed E-state index contributed by atoms with van der Waals surface area (Å²) in [5, 5.41) is 9.60. The largest absolute Gasteiger partial charge is 0.229 e. The molecule has 0 saturated heterocycles. The van der Waals surface area contributed by atoms with E-state index in [1.54, 1.807) is 34.4 Å². The van der Waals surface area contributed by atoms with Crippen LogP contribution in [0.3, 0.4) is 0 Å². The van der Waals surface area contributed by atoms with E-state index in [4.69, 9.17) is 0 Å². The standard InChI is InChI=1S/C16H11N3S3/c1-2-6-11(7-3-1)10-14-18-19-16(21-14)22-15-17-12-8-4-5-9-13(12)20-15/h1-9H,10H2. The van der Waals surface area contributed by atoms with Crippen molar-refractivity contribution in [2.75, 3.05) is 0 Å². The third-order valence-corrected chi connectivity index (χ3v) is 6.17. The van der Waals surface area contributed by atoms with Gasteiger partial charge in [-0.1, -0.05) is 53.8 Å². The topological polar surface area (TPSA) is 38.7 Å². The lowest BCUT2D eigenvalue weighted by Gasteiger charge is -1.94. The maximum absolute atomic E-state index is 4.62. The van der Waals surface area contributed by atoms with E-state index >= 15 is 0 Å². The van der Waals surface area contributed by atoms with Gasteiger partial charge in [-0.05, 0) is 29.5 Å². The zero-order valence-corrected chi connectivity index (χ0v) is 13.9. The first-order valence-electron chi connectivity index (χ1n) is 6.76. The van der Waals surface area contributed by atoms with Gasteiger partial charge >= 0.3 is 0 Å². The van der Waals surface area contributed by atoms with Gasteiger partial charge < -0.3 is 0 Å². The monoisotopic (exact) mass is 341 g/mol. The lowest BCUT2D eigenvalue weighted by atomic mass is 10.2. The molecule has 0 saturated carbocycles. The first-order valence-corrected chi connectivity index (χ1v) is 9.21. The second-order valence-electron chi connectivity index (χ2n) is 4.67. The van der Waals surface area contributed by atoms with Crippen molar-refractivity contribution in [3.8, 4) is 0 Å². The van der Waals surface area contributed by atoms with Crippen LogP contribution in [0.15, 0.2) is 63.3 Å². The van der Waals surface area contributed by atoms with E-state index in [-0.39, 0.29) is 0 Å². The molecule has 2 aromatic heterocycles. The van der Waals surface area contributed by atoms with E-state index in [1.807, 2.05) is 36.4 Å². The van der Waals surface area contributed by atoms with Gasteiger partial charge in [-0.25, -0.2) is 4.98 Å². The Labute approximate surface area is 140 Å². The van der Waals surface area contributed by atoms with Crippen LogP contribution in [0.1, 0.15) is 10.6 Å². The van der Waals surface area contributed by atoms with Gasteiger partial charge in [-0.2, -0.15) is 0 Å². The zero-order chi connectivity index (χ0) is 14.8. The molecule has 0 N–H and O–H groups in total. The van der Waals surface area contributed by atoms with Crippen LogP contribution < -0.4 is 0 Å². The van der Waals surface area contributed by atoms with Crippen LogP contribution in [0, 0.1) is 0 Å².